The number of fused-ring (bicyclic) bond motifs is 1. The lowest BCUT2D eigenvalue weighted by Gasteiger charge is -2.30. The molecule has 0 aliphatic carbocycles. The van der Waals surface area contributed by atoms with Gasteiger partial charge in [-0.05, 0) is 44.4 Å². The Morgan fingerprint density at radius 3 is 2.32 bits per heavy atom. The van der Waals surface area contributed by atoms with Crippen LogP contribution in [0.3, 0.4) is 0 Å². The zero-order valence-electron chi connectivity index (χ0n) is 19.7. The molecule has 9 heteroatoms. The fraction of sp³-hybridized carbons (Fsp3) is 0.400. The molecule has 0 radical (unpaired) electrons. The predicted octanol–water partition coefficient (Wildman–Crippen LogP) is 2.60. The quantitative estimate of drug-likeness (QED) is 0.557. The monoisotopic (exact) mass is 485 g/mol. The van der Waals surface area contributed by atoms with Crippen LogP contribution in [0.4, 0.5) is 0 Å². The molecule has 1 N–H and O–H groups in total. The number of sulfonamides is 1. The Balaban J connectivity index is 1.74. The molecule has 3 rings (SSSR count). The van der Waals surface area contributed by atoms with Crippen molar-refractivity contribution in [2.45, 2.75) is 57.0 Å². The molecule has 0 aromatic heterocycles. The highest BCUT2D eigenvalue weighted by Crippen LogP contribution is 2.30. The van der Waals surface area contributed by atoms with Crippen LogP contribution in [0.15, 0.2) is 59.5 Å². The molecular weight excluding hydrogens is 454 g/mol. The zero-order chi connectivity index (χ0) is 24.9. The van der Waals surface area contributed by atoms with E-state index in [0.717, 1.165) is 16.3 Å². The maximum atomic E-state index is 13.2. The molecule has 3 amide bonds. The summed E-state index contributed by atoms with van der Waals surface area (Å²) < 4.78 is 26.3. The van der Waals surface area contributed by atoms with E-state index in [1.54, 1.807) is 19.1 Å². The average molecular weight is 486 g/mol. The maximum absolute atomic E-state index is 13.2. The van der Waals surface area contributed by atoms with Gasteiger partial charge in [0.2, 0.25) is 11.8 Å². The van der Waals surface area contributed by atoms with Gasteiger partial charge in [-0.3, -0.25) is 14.4 Å². The van der Waals surface area contributed by atoms with Crippen LogP contribution in [0.1, 0.15) is 49.5 Å². The van der Waals surface area contributed by atoms with E-state index in [-0.39, 0.29) is 41.3 Å². The standard InChI is InChI=1S/C25H31N3O5S/c1-4-18(2)26-24(30)19(3)27(16-14-20-10-6-5-7-11-20)23(29)15-17-28-25(31)21-12-8-9-13-22(21)34(28,32)33/h5-13,18-19H,4,14-17H2,1-3H3,(H,26,30)/t18-,19-/m0/s1. The summed E-state index contributed by atoms with van der Waals surface area (Å²) in [4.78, 5) is 40.1. The van der Waals surface area contributed by atoms with Crippen LogP contribution < -0.4 is 5.32 Å². The molecule has 182 valence electrons. The van der Waals surface area contributed by atoms with Gasteiger partial charge >= 0.3 is 0 Å². The van der Waals surface area contributed by atoms with Gasteiger partial charge in [0.1, 0.15) is 10.9 Å². The summed E-state index contributed by atoms with van der Waals surface area (Å²) in [6, 6.07) is 14.8. The average Bonchev–Trinajstić information content (AvgIpc) is 3.03. The van der Waals surface area contributed by atoms with Crippen LogP contribution >= 0.6 is 0 Å². The molecular formula is C25H31N3O5S. The van der Waals surface area contributed by atoms with Crippen LogP contribution in [-0.4, -0.2) is 60.5 Å². The van der Waals surface area contributed by atoms with Crippen LogP contribution in [0.5, 0.6) is 0 Å². The fourth-order valence-corrected chi connectivity index (χ4v) is 5.40. The summed E-state index contributed by atoms with van der Waals surface area (Å²) in [5.41, 5.74) is 1.12. The van der Waals surface area contributed by atoms with Gasteiger partial charge in [0.15, 0.2) is 0 Å². The lowest BCUT2D eigenvalue weighted by Crippen LogP contribution is -2.51. The highest BCUT2D eigenvalue weighted by atomic mass is 32.2. The van der Waals surface area contributed by atoms with Gasteiger partial charge in [-0.1, -0.05) is 49.4 Å². The second kappa shape index (κ2) is 10.8. The highest BCUT2D eigenvalue weighted by Gasteiger charge is 2.41. The Kier molecular flexibility index (Phi) is 8.09. The number of nitrogens with one attached hydrogen (secondary N) is 1. The highest BCUT2D eigenvalue weighted by molar-refractivity contribution is 7.90. The third-order valence-electron chi connectivity index (χ3n) is 6.09. The summed E-state index contributed by atoms with van der Waals surface area (Å²) in [6.45, 7) is 5.52. The molecule has 2 aromatic carbocycles. The summed E-state index contributed by atoms with van der Waals surface area (Å²) >= 11 is 0. The van der Waals surface area contributed by atoms with Gasteiger partial charge in [-0.2, -0.15) is 0 Å². The Hall–Kier alpha value is -3.20. The van der Waals surface area contributed by atoms with Gasteiger partial charge < -0.3 is 10.2 Å². The van der Waals surface area contributed by atoms with Crippen molar-refractivity contribution in [2.24, 2.45) is 0 Å². The molecule has 34 heavy (non-hydrogen) atoms. The van der Waals surface area contributed by atoms with Gasteiger partial charge in [-0.25, -0.2) is 12.7 Å². The van der Waals surface area contributed by atoms with Crippen molar-refractivity contribution in [1.29, 1.82) is 0 Å². The number of hydrogen-bond donors (Lipinski definition) is 1. The first kappa shape index (κ1) is 25.4. The molecule has 2 atom stereocenters. The van der Waals surface area contributed by atoms with E-state index in [1.807, 2.05) is 44.2 Å². The molecule has 0 saturated heterocycles. The lowest BCUT2D eigenvalue weighted by atomic mass is 10.1. The van der Waals surface area contributed by atoms with Crippen LogP contribution in [0.25, 0.3) is 0 Å². The first-order chi connectivity index (χ1) is 16.2. The molecule has 0 spiro atoms. The van der Waals surface area contributed by atoms with Gasteiger partial charge in [0.05, 0.1) is 5.56 Å². The largest absolute Gasteiger partial charge is 0.352 e. The molecule has 2 aromatic rings. The number of carbonyl (C=O) groups excluding carboxylic acids is 3. The van der Waals surface area contributed by atoms with Gasteiger partial charge in [-0.15, -0.1) is 0 Å². The van der Waals surface area contributed by atoms with E-state index >= 15 is 0 Å². The van der Waals surface area contributed by atoms with Gasteiger partial charge in [0.25, 0.3) is 15.9 Å². The second-order valence-corrected chi connectivity index (χ2v) is 10.3. The molecule has 1 heterocycles. The molecule has 1 aliphatic heterocycles. The van der Waals surface area contributed by atoms with Crippen molar-refractivity contribution in [2.75, 3.05) is 13.1 Å². The van der Waals surface area contributed by atoms with Gasteiger partial charge in [0, 0.05) is 25.6 Å². The van der Waals surface area contributed by atoms with E-state index in [1.165, 1.54) is 17.0 Å². The van der Waals surface area contributed by atoms with Crippen molar-refractivity contribution in [3.05, 3.63) is 65.7 Å². The topological polar surface area (TPSA) is 104 Å². The van der Waals surface area contributed by atoms with E-state index in [4.69, 9.17) is 0 Å². The SMILES string of the molecule is CC[C@H](C)NC(=O)[C@H](C)N(CCc1ccccc1)C(=O)CCN1C(=O)c2ccccc2S1(=O)=O. The number of amides is 3. The molecule has 0 saturated carbocycles. The summed E-state index contributed by atoms with van der Waals surface area (Å²) in [6.07, 6.45) is 1.08. The minimum Gasteiger partial charge on any atom is -0.352 e. The van der Waals surface area contributed by atoms with Crippen molar-refractivity contribution in [3.63, 3.8) is 0 Å². The van der Waals surface area contributed by atoms with E-state index < -0.39 is 22.0 Å². The Morgan fingerprint density at radius 2 is 1.68 bits per heavy atom. The normalized spacial score (nSPS) is 16.0. The van der Waals surface area contributed by atoms with Crippen molar-refractivity contribution in [1.82, 2.24) is 14.5 Å². The summed E-state index contributed by atoms with van der Waals surface area (Å²) in [5, 5.41) is 2.90. The van der Waals surface area contributed by atoms with Crippen molar-refractivity contribution < 1.29 is 22.8 Å². The first-order valence-electron chi connectivity index (χ1n) is 11.5. The zero-order valence-corrected chi connectivity index (χ0v) is 20.5. The van der Waals surface area contributed by atoms with Crippen molar-refractivity contribution in [3.8, 4) is 0 Å². The second-order valence-electron chi connectivity index (χ2n) is 8.45. The first-order valence-corrected chi connectivity index (χ1v) is 12.9. The number of nitrogens with zero attached hydrogens (tertiary/aromatic N) is 2. The minimum atomic E-state index is -3.99. The lowest BCUT2D eigenvalue weighted by molar-refractivity contribution is -0.140. The predicted molar refractivity (Wildman–Crippen MR) is 128 cm³/mol. The van der Waals surface area contributed by atoms with Crippen LogP contribution in [-0.2, 0) is 26.0 Å². The Labute approximate surface area is 201 Å². The van der Waals surface area contributed by atoms with Crippen LogP contribution in [0, 0.1) is 0 Å². The third-order valence-corrected chi connectivity index (χ3v) is 7.93. The molecule has 0 unspecified atom stereocenters. The minimum absolute atomic E-state index is 0.0353. The number of hydrogen-bond acceptors (Lipinski definition) is 5. The fourth-order valence-electron chi connectivity index (χ4n) is 3.83. The van der Waals surface area contributed by atoms with Crippen LogP contribution in [0.2, 0.25) is 0 Å². The van der Waals surface area contributed by atoms with E-state index in [2.05, 4.69) is 5.32 Å². The Morgan fingerprint density at radius 1 is 1.03 bits per heavy atom. The maximum Gasteiger partial charge on any atom is 0.269 e. The number of carbonyl (C=O) groups is 3. The van der Waals surface area contributed by atoms with E-state index in [0.29, 0.717) is 13.0 Å². The molecule has 0 fully saturated rings. The van der Waals surface area contributed by atoms with Crippen molar-refractivity contribution >= 4 is 27.7 Å². The van der Waals surface area contributed by atoms with E-state index in [9.17, 15) is 22.8 Å². The smallest absolute Gasteiger partial charge is 0.269 e. The third kappa shape index (κ3) is 5.47. The summed E-state index contributed by atoms with van der Waals surface area (Å²) in [5.74, 6) is -1.29. The Bertz CT molecular complexity index is 1150. The summed E-state index contributed by atoms with van der Waals surface area (Å²) in [7, 11) is -3.99. The number of rotatable bonds is 10. The molecule has 8 nitrogen and oxygen atoms in total. The molecule has 1 aliphatic rings. The number of benzene rings is 2. The molecule has 0 bridgehead atoms.